The number of hydrogen-bond donors (Lipinski definition) is 2. The van der Waals surface area contributed by atoms with E-state index in [1.807, 2.05) is 17.5 Å². The SMILES string of the molecule is O=C(Nc1ccc(Cl)c(Cl)c1)Nc1nc(-c2ccc(Br)s2)cs1. The summed E-state index contributed by atoms with van der Waals surface area (Å²) in [6.07, 6.45) is 0. The van der Waals surface area contributed by atoms with Gasteiger partial charge in [0.05, 0.1) is 24.4 Å². The minimum Gasteiger partial charge on any atom is -0.308 e. The van der Waals surface area contributed by atoms with Crippen molar-refractivity contribution in [3.63, 3.8) is 0 Å². The standard InChI is InChI=1S/C14H8BrCl2N3OS2/c15-12-4-3-11(23-12)10-6-22-14(19-10)20-13(21)18-7-1-2-8(16)9(17)5-7/h1-6H,(H2,18,19,20,21). The molecule has 0 radical (unpaired) electrons. The summed E-state index contributed by atoms with van der Waals surface area (Å²) in [4.78, 5) is 17.4. The molecule has 0 aliphatic carbocycles. The van der Waals surface area contributed by atoms with E-state index in [0.29, 0.717) is 20.9 Å². The van der Waals surface area contributed by atoms with Crippen LogP contribution in [-0.4, -0.2) is 11.0 Å². The Morgan fingerprint density at radius 3 is 2.65 bits per heavy atom. The van der Waals surface area contributed by atoms with Crippen molar-refractivity contribution in [2.45, 2.75) is 0 Å². The molecular formula is C14H8BrCl2N3OS2. The van der Waals surface area contributed by atoms with Gasteiger partial charge in [-0.15, -0.1) is 22.7 Å². The Balaban J connectivity index is 1.66. The zero-order valence-electron chi connectivity index (χ0n) is 11.3. The van der Waals surface area contributed by atoms with Gasteiger partial charge in [-0.3, -0.25) is 5.32 Å². The zero-order valence-corrected chi connectivity index (χ0v) is 16.0. The Labute approximate surface area is 158 Å². The maximum absolute atomic E-state index is 12.0. The van der Waals surface area contributed by atoms with Crippen LogP contribution in [0.3, 0.4) is 0 Å². The molecule has 0 saturated heterocycles. The maximum Gasteiger partial charge on any atom is 0.325 e. The van der Waals surface area contributed by atoms with E-state index in [-0.39, 0.29) is 0 Å². The van der Waals surface area contributed by atoms with Gasteiger partial charge in [0, 0.05) is 11.1 Å². The van der Waals surface area contributed by atoms with Gasteiger partial charge in [0.1, 0.15) is 0 Å². The van der Waals surface area contributed by atoms with Gasteiger partial charge >= 0.3 is 6.03 Å². The summed E-state index contributed by atoms with van der Waals surface area (Å²) in [5, 5.41) is 8.60. The fraction of sp³-hybridized carbons (Fsp3) is 0. The molecule has 0 bridgehead atoms. The first kappa shape index (κ1) is 16.7. The van der Waals surface area contributed by atoms with Gasteiger partial charge in [0.2, 0.25) is 0 Å². The van der Waals surface area contributed by atoms with Crippen LogP contribution in [0.2, 0.25) is 10.0 Å². The van der Waals surface area contributed by atoms with Crippen molar-refractivity contribution in [2.75, 3.05) is 10.6 Å². The average molecular weight is 449 g/mol. The highest BCUT2D eigenvalue weighted by atomic mass is 79.9. The molecule has 2 heterocycles. The second-order valence-electron chi connectivity index (χ2n) is 4.35. The first-order chi connectivity index (χ1) is 11.0. The molecule has 0 saturated carbocycles. The molecule has 0 aliphatic rings. The third kappa shape index (κ3) is 4.24. The number of urea groups is 1. The van der Waals surface area contributed by atoms with E-state index in [4.69, 9.17) is 23.2 Å². The minimum atomic E-state index is -0.392. The molecule has 2 aromatic heterocycles. The topological polar surface area (TPSA) is 54.0 Å². The van der Waals surface area contributed by atoms with Gasteiger partial charge in [0.25, 0.3) is 0 Å². The highest BCUT2D eigenvalue weighted by Gasteiger charge is 2.10. The summed E-state index contributed by atoms with van der Waals surface area (Å²) in [6.45, 7) is 0. The lowest BCUT2D eigenvalue weighted by Gasteiger charge is -2.06. The number of halogens is 3. The summed E-state index contributed by atoms with van der Waals surface area (Å²) < 4.78 is 1.03. The lowest BCUT2D eigenvalue weighted by atomic mass is 10.3. The van der Waals surface area contributed by atoms with Gasteiger partial charge in [-0.2, -0.15) is 0 Å². The molecule has 0 fully saturated rings. The van der Waals surface area contributed by atoms with Gasteiger partial charge in [-0.1, -0.05) is 23.2 Å². The lowest BCUT2D eigenvalue weighted by molar-refractivity contribution is 0.262. The number of anilines is 2. The highest BCUT2D eigenvalue weighted by molar-refractivity contribution is 9.11. The number of nitrogens with one attached hydrogen (secondary N) is 2. The van der Waals surface area contributed by atoms with E-state index in [0.717, 1.165) is 14.4 Å². The smallest absolute Gasteiger partial charge is 0.308 e. The van der Waals surface area contributed by atoms with E-state index in [1.54, 1.807) is 29.5 Å². The minimum absolute atomic E-state index is 0.379. The second-order valence-corrected chi connectivity index (χ2v) is 8.49. The van der Waals surface area contributed by atoms with Gasteiger partial charge in [-0.25, -0.2) is 9.78 Å². The molecule has 0 aliphatic heterocycles. The van der Waals surface area contributed by atoms with Crippen LogP contribution < -0.4 is 10.6 Å². The number of thiazole rings is 1. The summed E-state index contributed by atoms with van der Waals surface area (Å²) in [6, 6.07) is 8.42. The molecule has 0 spiro atoms. The monoisotopic (exact) mass is 447 g/mol. The fourth-order valence-electron chi connectivity index (χ4n) is 1.73. The largest absolute Gasteiger partial charge is 0.325 e. The molecule has 118 valence electrons. The molecule has 0 unspecified atom stereocenters. The van der Waals surface area contributed by atoms with E-state index in [9.17, 15) is 4.79 Å². The Morgan fingerprint density at radius 1 is 1.13 bits per heavy atom. The van der Waals surface area contributed by atoms with Crippen LogP contribution in [0.4, 0.5) is 15.6 Å². The number of hydrogen-bond acceptors (Lipinski definition) is 4. The van der Waals surface area contributed by atoms with Crippen molar-refractivity contribution in [3.05, 3.63) is 49.5 Å². The van der Waals surface area contributed by atoms with Crippen LogP contribution >= 0.6 is 61.8 Å². The molecule has 2 amide bonds. The molecule has 9 heteroatoms. The number of benzene rings is 1. The first-order valence-corrected chi connectivity index (χ1v) is 9.50. The summed E-state index contributed by atoms with van der Waals surface area (Å²) in [5.41, 5.74) is 1.38. The number of carbonyl (C=O) groups excluding carboxylic acids is 1. The number of nitrogens with zero attached hydrogens (tertiary/aromatic N) is 1. The molecule has 4 nitrogen and oxygen atoms in total. The molecular weight excluding hydrogens is 441 g/mol. The van der Waals surface area contributed by atoms with E-state index < -0.39 is 6.03 Å². The van der Waals surface area contributed by atoms with Crippen molar-refractivity contribution in [1.29, 1.82) is 0 Å². The third-order valence-corrected chi connectivity index (χ3v) is 5.87. The van der Waals surface area contributed by atoms with E-state index >= 15 is 0 Å². The van der Waals surface area contributed by atoms with Crippen molar-refractivity contribution < 1.29 is 4.79 Å². The van der Waals surface area contributed by atoms with Gasteiger partial charge in [-0.05, 0) is 46.3 Å². The third-order valence-electron chi connectivity index (χ3n) is 2.73. The predicted octanol–water partition coefficient (Wildman–Crippen LogP) is 6.58. The quantitative estimate of drug-likeness (QED) is 0.475. The highest BCUT2D eigenvalue weighted by Crippen LogP contribution is 2.33. The van der Waals surface area contributed by atoms with E-state index in [2.05, 4.69) is 31.5 Å². The Bertz CT molecular complexity index is 865. The Hall–Kier alpha value is -1.12. The Kier molecular flexibility index (Phi) is 5.23. The van der Waals surface area contributed by atoms with Crippen molar-refractivity contribution in [3.8, 4) is 10.6 Å². The number of amides is 2. The first-order valence-electron chi connectivity index (χ1n) is 6.25. The molecule has 2 N–H and O–H groups in total. The normalized spacial score (nSPS) is 10.6. The summed E-state index contributed by atoms with van der Waals surface area (Å²) >= 11 is 18.1. The Morgan fingerprint density at radius 2 is 1.96 bits per heavy atom. The van der Waals surface area contributed by atoms with Crippen LogP contribution in [0.1, 0.15) is 0 Å². The number of aromatic nitrogens is 1. The number of carbonyl (C=O) groups is 1. The molecule has 3 rings (SSSR count). The van der Waals surface area contributed by atoms with E-state index in [1.165, 1.54) is 11.3 Å². The lowest BCUT2D eigenvalue weighted by Crippen LogP contribution is -2.19. The van der Waals surface area contributed by atoms with Crippen LogP contribution in [0.15, 0.2) is 39.5 Å². The average Bonchev–Trinajstić information content (AvgIpc) is 3.12. The maximum atomic E-state index is 12.0. The molecule has 23 heavy (non-hydrogen) atoms. The van der Waals surface area contributed by atoms with Crippen molar-refractivity contribution in [2.24, 2.45) is 0 Å². The van der Waals surface area contributed by atoms with Crippen molar-refractivity contribution >= 4 is 78.7 Å². The van der Waals surface area contributed by atoms with Crippen LogP contribution in [0, 0.1) is 0 Å². The van der Waals surface area contributed by atoms with Gasteiger partial charge < -0.3 is 5.32 Å². The van der Waals surface area contributed by atoms with Crippen LogP contribution in [-0.2, 0) is 0 Å². The predicted molar refractivity (Wildman–Crippen MR) is 102 cm³/mol. The second kappa shape index (κ2) is 7.19. The summed E-state index contributed by atoms with van der Waals surface area (Å²) in [7, 11) is 0. The summed E-state index contributed by atoms with van der Waals surface area (Å²) in [5.74, 6) is 0. The zero-order chi connectivity index (χ0) is 16.4. The molecule has 3 aromatic rings. The molecule has 1 aromatic carbocycles. The number of thiophene rings is 1. The van der Waals surface area contributed by atoms with Crippen molar-refractivity contribution in [1.82, 2.24) is 4.98 Å². The van der Waals surface area contributed by atoms with Gasteiger partial charge in [0.15, 0.2) is 5.13 Å². The van der Waals surface area contributed by atoms with Crippen LogP contribution in [0.5, 0.6) is 0 Å². The number of rotatable bonds is 3. The molecule has 0 atom stereocenters. The fourth-order valence-corrected chi connectivity index (χ4v) is 4.15. The van der Waals surface area contributed by atoms with Crippen LogP contribution in [0.25, 0.3) is 10.6 Å².